The van der Waals surface area contributed by atoms with Crippen molar-refractivity contribution in [3.8, 4) is 0 Å². The van der Waals surface area contributed by atoms with Crippen molar-refractivity contribution < 1.29 is 9.59 Å². The first-order chi connectivity index (χ1) is 11.8. The first-order valence-electron chi connectivity index (χ1n) is 7.38. The molecule has 2 heterocycles. The lowest BCUT2D eigenvalue weighted by molar-refractivity contribution is -0.119. The second-order valence-electron chi connectivity index (χ2n) is 5.15. The van der Waals surface area contributed by atoms with E-state index in [-0.39, 0.29) is 18.1 Å². The Kier molecular flexibility index (Phi) is 5.93. The molecule has 2 amide bonds. The lowest BCUT2D eigenvalue weighted by Gasteiger charge is -2.25. The SMILES string of the molecule is CC[C@@H](N=C1CNC(C(N)=O)=C(NC(=S)c2sccc2N)N1)C(N)=O. The average Bonchev–Trinajstić information content (AvgIpc) is 2.98. The maximum absolute atomic E-state index is 11.6. The van der Waals surface area contributed by atoms with Crippen LogP contribution in [0, 0.1) is 0 Å². The quantitative estimate of drug-likeness (QED) is 0.348. The van der Waals surface area contributed by atoms with E-state index in [2.05, 4.69) is 20.9 Å². The predicted octanol–water partition coefficient (Wildman–Crippen LogP) is -0.895. The van der Waals surface area contributed by atoms with E-state index < -0.39 is 17.9 Å². The summed E-state index contributed by atoms with van der Waals surface area (Å²) in [6.45, 7) is 2.00. The number of thiocarbonyl (C=S) groups is 1. The summed E-state index contributed by atoms with van der Waals surface area (Å²) in [4.78, 5) is 28.3. The number of hydrogen-bond acceptors (Lipinski definition) is 7. The summed E-state index contributed by atoms with van der Waals surface area (Å²) in [5.41, 5.74) is 17.2. The minimum atomic E-state index is -0.669. The van der Waals surface area contributed by atoms with Gasteiger partial charge < -0.3 is 33.2 Å². The Morgan fingerprint density at radius 2 is 2.20 bits per heavy atom. The molecule has 25 heavy (non-hydrogen) atoms. The van der Waals surface area contributed by atoms with Crippen molar-refractivity contribution in [2.45, 2.75) is 19.4 Å². The first-order valence-corrected chi connectivity index (χ1v) is 8.67. The standard InChI is InChI=1S/C14H19N7O2S2/c1-2-7(11(16)22)19-8-5-18-9(12(17)23)13(20-8)21-14(24)10-6(15)3-4-25-10/h3-4,7,18H,2,5,15H2,1H3,(H2,16,22)(H2,17,23)(H,19,20)(H,21,24)/t7-/m1/s1. The third-order valence-electron chi connectivity index (χ3n) is 3.37. The zero-order chi connectivity index (χ0) is 18.6. The van der Waals surface area contributed by atoms with Gasteiger partial charge in [0.15, 0.2) is 0 Å². The van der Waals surface area contributed by atoms with Gasteiger partial charge in [0.1, 0.15) is 28.4 Å². The van der Waals surface area contributed by atoms with Gasteiger partial charge in [-0.15, -0.1) is 11.3 Å². The van der Waals surface area contributed by atoms with Crippen LogP contribution in [0.15, 0.2) is 28.0 Å². The summed E-state index contributed by atoms with van der Waals surface area (Å²) in [6, 6.07) is 1.07. The number of carbonyl (C=O) groups excluding carboxylic acids is 2. The molecule has 0 saturated carbocycles. The van der Waals surface area contributed by atoms with Crippen molar-refractivity contribution in [1.82, 2.24) is 16.0 Å². The summed E-state index contributed by atoms with van der Waals surface area (Å²) in [5, 5.41) is 10.5. The van der Waals surface area contributed by atoms with Crippen molar-refractivity contribution in [2.24, 2.45) is 16.5 Å². The molecule has 0 aliphatic carbocycles. The van der Waals surface area contributed by atoms with E-state index in [9.17, 15) is 9.59 Å². The normalized spacial score (nSPS) is 16.8. The van der Waals surface area contributed by atoms with E-state index in [4.69, 9.17) is 29.4 Å². The number of nitrogens with one attached hydrogen (secondary N) is 3. The van der Waals surface area contributed by atoms with E-state index in [1.165, 1.54) is 11.3 Å². The molecule has 11 heteroatoms. The molecule has 1 atom stereocenters. The van der Waals surface area contributed by atoms with Crippen LogP contribution in [0.3, 0.4) is 0 Å². The summed E-state index contributed by atoms with van der Waals surface area (Å²) in [5.74, 6) is -0.523. The van der Waals surface area contributed by atoms with Gasteiger partial charge in [0.2, 0.25) is 5.91 Å². The molecule has 0 radical (unpaired) electrons. The molecular formula is C14H19N7O2S2. The largest absolute Gasteiger partial charge is 0.397 e. The third kappa shape index (κ3) is 4.45. The fraction of sp³-hybridized carbons (Fsp3) is 0.286. The van der Waals surface area contributed by atoms with E-state index in [0.29, 0.717) is 27.8 Å². The second kappa shape index (κ2) is 7.94. The van der Waals surface area contributed by atoms with Crippen LogP contribution >= 0.6 is 23.6 Å². The molecule has 0 aromatic carbocycles. The predicted molar refractivity (Wildman–Crippen MR) is 102 cm³/mol. The van der Waals surface area contributed by atoms with Gasteiger partial charge in [0.25, 0.3) is 5.91 Å². The maximum atomic E-state index is 11.6. The van der Waals surface area contributed by atoms with E-state index in [0.717, 1.165) is 0 Å². The number of thiophene rings is 1. The van der Waals surface area contributed by atoms with Crippen molar-refractivity contribution in [1.29, 1.82) is 0 Å². The molecule has 1 aliphatic heterocycles. The van der Waals surface area contributed by atoms with Crippen LogP contribution in [0.4, 0.5) is 5.69 Å². The van der Waals surface area contributed by atoms with Gasteiger partial charge in [-0.2, -0.15) is 0 Å². The minimum absolute atomic E-state index is 0.128. The summed E-state index contributed by atoms with van der Waals surface area (Å²) >= 11 is 6.69. The Balaban J connectivity index is 2.26. The number of nitrogens with two attached hydrogens (primary N) is 3. The van der Waals surface area contributed by atoms with Gasteiger partial charge in [-0.25, -0.2) is 0 Å². The number of nitrogens with zero attached hydrogens (tertiary/aromatic N) is 1. The number of anilines is 1. The van der Waals surface area contributed by atoms with E-state index in [1.54, 1.807) is 18.4 Å². The van der Waals surface area contributed by atoms with E-state index >= 15 is 0 Å². The Hall–Kier alpha value is -2.66. The Bertz CT molecular complexity index is 769. The fourth-order valence-electron chi connectivity index (χ4n) is 2.11. The number of amides is 2. The van der Waals surface area contributed by atoms with Crippen molar-refractivity contribution in [2.75, 3.05) is 12.3 Å². The average molecular weight is 381 g/mol. The number of amidine groups is 1. The van der Waals surface area contributed by atoms with Crippen molar-refractivity contribution in [3.05, 3.63) is 27.8 Å². The Morgan fingerprint density at radius 3 is 2.72 bits per heavy atom. The van der Waals surface area contributed by atoms with Gasteiger partial charge in [-0.05, 0) is 17.9 Å². The van der Waals surface area contributed by atoms with Crippen molar-refractivity contribution >= 4 is 51.9 Å². The number of nitrogen functional groups attached to an aromatic ring is 1. The molecule has 0 fully saturated rings. The molecule has 2 rings (SSSR count). The van der Waals surface area contributed by atoms with Crippen LogP contribution in [0.1, 0.15) is 18.2 Å². The van der Waals surface area contributed by atoms with E-state index in [1.807, 2.05) is 0 Å². The molecule has 1 aromatic heterocycles. The van der Waals surface area contributed by atoms with Crippen LogP contribution in [-0.4, -0.2) is 35.2 Å². The second-order valence-corrected chi connectivity index (χ2v) is 6.48. The number of aliphatic imine (C=N–C) groups is 1. The Morgan fingerprint density at radius 1 is 1.48 bits per heavy atom. The number of primary amides is 2. The van der Waals surface area contributed by atoms with Gasteiger partial charge in [-0.1, -0.05) is 19.1 Å². The zero-order valence-electron chi connectivity index (χ0n) is 13.5. The summed E-state index contributed by atoms with van der Waals surface area (Å²) in [7, 11) is 0. The topological polar surface area (TPSA) is 161 Å². The van der Waals surface area contributed by atoms with Crippen LogP contribution in [0.25, 0.3) is 0 Å². The molecule has 9 nitrogen and oxygen atoms in total. The highest BCUT2D eigenvalue weighted by Crippen LogP contribution is 2.19. The molecule has 1 aliphatic rings. The lowest BCUT2D eigenvalue weighted by Crippen LogP contribution is -2.50. The molecule has 0 spiro atoms. The number of carbonyl (C=O) groups is 2. The van der Waals surface area contributed by atoms with Gasteiger partial charge in [-0.3, -0.25) is 14.6 Å². The summed E-state index contributed by atoms with van der Waals surface area (Å²) < 4.78 is 0. The molecule has 1 aromatic rings. The highest BCUT2D eigenvalue weighted by molar-refractivity contribution is 7.81. The molecule has 0 saturated heterocycles. The maximum Gasteiger partial charge on any atom is 0.268 e. The van der Waals surface area contributed by atoms with Crippen LogP contribution in [-0.2, 0) is 9.59 Å². The lowest BCUT2D eigenvalue weighted by atomic mass is 10.2. The monoisotopic (exact) mass is 381 g/mol. The zero-order valence-corrected chi connectivity index (χ0v) is 15.1. The molecule has 0 bridgehead atoms. The highest BCUT2D eigenvalue weighted by Gasteiger charge is 2.23. The van der Waals surface area contributed by atoms with Crippen molar-refractivity contribution in [3.63, 3.8) is 0 Å². The molecule has 134 valence electrons. The first kappa shape index (κ1) is 18.7. The molecule has 0 unspecified atom stereocenters. The fourth-order valence-corrected chi connectivity index (χ4v) is 3.19. The van der Waals surface area contributed by atoms with Gasteiger partial charge in [0.05, 0.1) is 17.1 Å². The minimum Gasteiger partial charge on any atom is -0.397 e. The number of rotatable bonds is 6. The van der Waals surface area contributed by atoms with Crippen LogP contribution < -0.4 is 33.2 Å². The highest BCUT2D eigenvalue weighted by atomic mass is 32.1. The van der Waals surface area contributed by atoms with Crippen LogP contribution in [0.5, 0.6) is 0 Å². The smallest absolute Gasteiger partial charge is 0.268 e. The Labute approximate surface area is 153 Å². The summed E-state index contributed by atoms with van der Waals surface area (Å²) in [6.07, 6.45) is 0.458. The van der Waals surface area contributed by atoms with Crippen LogP contribution in [0.2, 0.25) is 0 Å². The number of hydrogen-bond donors (Lipinski definition) is 6. The van der Waals surface area contributed by atoms with Gasteiger partial charge >= 0.3 is 0 Å². The third-order valence-corrected chi connectivity index (χ3v) is 4.75. The van der Waals surface area contributed by atoms with Gasteiger partial charge in [0, 0.05) is 0 Å². The molecule has 9 N–H and O–H groups in total. The molecular weight excluding hydrogens is 362 g/mol.